The average Bonchev–Trinajstić information content (AvgIpc) is 3.38. The van der Waals surface area contributed by atoms with Crippen LogP contribution >= 0.6 is 7.82 Å². The van der Waals surface area contributed by atoms with Gasteiger partial charge in [-0.15, -0.1) is 0 Å². The van der Waals surface area contributed by atoms with E-state index in [9.17, 15) is 19.4 Å². The minimum atomic E-state index is -4.35. The van der Waals surface area contributed by atoms with Crippen molar-refractivity contribution in [1.82, 2.24) is 5.32 Å². The minimum absolute atomic E-state index is 0.0655. The van der Waals surface area contributed by atoms with Crippen molar-refractivity contribution in [2.24, 2.45) is 0 Å². The standard InChI is InChI=1S/C67H135N2O6P/c1-6-8-10-12-14-16-18-20-22-24-26-28-30-32-34-35-36-38-40-42-44-46-48-50-52-54-56-58-60-66(70)65(64-75-76(72,73)74-63-62-69(3,4)5)68-67(71)61-59-57-55-53-51-49-47-45-43-41-39-37-33-31-29-27-25-23-21-19-17-15-13-11-9-7-2/h58,60,65-66,70H,6-57,59,61-64H2,1-5H3,(H-,68,71,72,73)/p+1/b60-58+. The summed E-state index contributed by atoms with van der Waals surface area (Å²) in [5, 5.41) is 14.0. The second-order valence-electron chi connectivity index (χ2n) is 24.9. The minimum Gasteiger partial charge on any atom is -0.387 e. The molecule has 3 atom stereocenters. The smallest absolute Gasteiger partial charge is 0.387 e. The predicted octanol–water partition coefficient (Wildman–Crippen LogP) is 21.3. The fraction of sp³-hybridized carbons (Fsp3) is 0.955. The van der Waals surface area contributed by atoms with Crippen LogP contribution in [0.4, 0.5) is 0 Å². The molecule has 0 saturated carbocycles. The summed E-state index contributed by atoms with van der Waals surface area (Å²) < 4.78 is 23.8. The number of nitrogens with zero attached hydrogens (tertiary/aromatic N) is 1. The largest absolute Gasteiger partial charge is 0.472 e. The van der Waals surface area contributed by atoms with Crippen molar-refractivity contribution in [2.45, 2.75) is 373 Å². The summed E-state index contributed by atoms with van der Waals surface area (Å²) in [6.07, 6.45) is 74.9. The molecule has 9 heteroatoms. The van der Waals surface area contributed by atoms with E-state index in [1.54, 1.807) is 6.08 Å². The first-order valence-corrected chi connectivity index (χ1v) is 35.6. The lowest BCUT2D eigenvalue weighted by Crippen LogP contribution is -2.45. The fourth-order valence-corrected chi connectivity index (χ4v) is 11.4. The third-order valence-electron chi connectivity index (χ3n) is 16.0. The van der Waals surface area contributed by atoms with Gasteiger partial charge in [-0.25, -0.2) is 4.57 Å². The Balaban J connectivity index is 4.06. The van der Waals surface area contributed by atoms with Crippen molar-refractivity contribution in [3.05, 3.63) is 12.2 Å². The average molecular weight is 1100 g/mol. The van der Waals surface area contributed by atoms with Gasteiger partial charge in [-0.3, -0.25) is 13.8 Å². The van der Waals surface area contributed by atoms with Crippen molar-refractivity contribution in [1.29, 1.82) is 0 Å². The topological polar surface area (TPSA) is 105 Å². The third-order valence-corrected chi connectivity index (χ3v) is 17.0. The molecule has 3 N–H and O–H groups in total. The van der Waals surface area contributed by atoms with E-state index in [1.807, 2.05) is 27.2 Å². The molecule has 76 heavy (non-hydrogen) atoms. The number of amides is 1. The highest BCUT2D eigenvalue weighted by molar-refractivity contribution is 7.47. The Bertz CT molecular complexity index is 1240. The normalized spacial score (nSPS) is 13.7. The first kappa shape index (κ1) is 75.2. The molecular weight excluding hydrogens is 960 g/mol. The number of rotatable bonds is 64. The molecule has 0 aromatic carbocycles. The molecular formula is C67H136N2O6P+. The maximum absolute atomic E-state index is 13.0. The Hall–Kier alpha value is -0.760. The van der Waals surface area contributed by atoms with Crippen LogP contribution in [-0.2, 0) is 18.4 Å². The highest BCUT2D eigenvalue weighted by Crippen LogP contribution is 2.43. The molecule has 8 nitrogen and oxygen atoms in total. The Kier molecular flexibility index (Phi) is 58.3. The number of likely N-dealkylation sites (N-methyl/N-ethyl adjacent to an activating group) is 1. The van der Waals surface area contributed by atoms with Crippen molar-refractivity contribution in [3.8, 4) is 0 Å². The second-order valence-corrected chi connectivity index (χ2v) is 26.4. The monoisotopic (exact) mass is 1100 g/mol. The zero-order valence-electron chi connectivity index (χ0n) is 52.0. The number of hydrogen-bond donors (Lipinski definition) is 3. The quantitative estimate of drug-likeness (QED) is 0.0243. The lowest BCUT2D eigenvalue weighted by molar-refractivity contribution is -0.870. The molecule has 0 saturated heterocycles. The maximum atomic E-state index is 13.0. The Morgan fingerprint density at radius 3 is 0.974 bits per heavy atom. The summed E-state index contributed by atoms with van der Waals surface area (Å²) in [7, 11) is 1.60. The van der Waals surface area contributed by atoms with Crippen LogP contribution in [0.25, 0.3) is 0 Å². The van der Waals surface area contributed by atoms with Gasteiger partial charge in [0.2, 0.25) is 5.91 Å². The van der Waals surface area contributed by atoms with Gasteiger partial charge in [0.1, 0.15) is 13.2 Å². The number of aliphatic hydroxyl groups excluding tert-OH is 1. The van der Waals surface area contributed by atoms with Crippen LogP contribution in [-0.4, -0.2) is 73.4 Å². The summed E-state index contributed by atoms with van der Waals surface area (Å²) in [5.41, 5.74) is 0. The molecule has 0 radical (unpaired) electrons. The summed E-state index contributed by atoms with van der Waals surface area (Å²) in [4.78, 5) is 23.4. The molecule has 0 rings (SSSR count). The van der Waals surface area contributed by atoms with Gasteiger partial charge in [0.05, 0.1) is 39.9 Å². The molecule has 0 aliphatic heterocycles. The van der Waals surface area contributed by atoms with E-state index in [1.165, 1.54) is 308 Å². The molecule has 454 valence electrons. The van der Waals surface area contributed by atoms with Gasteiger partial charge in [-0.05, 0) is 19.3 Å². The molecule has 0 aromatic heterocycles. The molecule has 0 spiro atoms. The number of unbranched alkanes of at least 4 members (excludes halogenated alkanes) is 51. The van der Waals surface area contributed by atoms with E-state index in [4.69, 9.17) is 9.05 Å². The van der Waals surface area contributed by atoms with Crippen LogP contribution in [0.1, 0.15) is 361 Å². The van der Waals surface area contributed by atoms with E-state index in [-0.39, 0.29) is 19.1 Å². The van der Waals surface area contributed by atoms with Crippen molar-refractivity contribution in [2.75, 3.05) is 40.9 Å². The lowest BCUT2D eigenvalue weighted by Gasteiger charge is -2.25. The van der Waals surface area contributed by atoms with E-state index < -0.39 is 20.0 Å². The predicted molar refractivity (Wildman–Crippen MR) is 332 cm³/mol. The summed E-state index contributed by atoms with van der Waals surface area (Å²) >= 11 is 0. The Morgan fingerprint density at radius 1 is 0.434 bits per heavy atom. The van der Waals surface area contributed by atoms with Crippen LogP contribution in [0.3, 0.4) is 0 Å². The highest BCUT2D eigenvalue weighted by atomic mass is 31.2. The molecule has 0 aliphatic carbocycles. The molecule has 0 fully saturated rings. The lowest BCUT2D eigenvalue weighted by atomic mass is 10.0. The SMILES string of the molecule is CCCCCCCCCCCCCCCCCCCCCCCCCCCC/C=C/C(O)C(COP(=O)(O)OCC[N+](C)(C)C)NC(=O)CCCCCCCCCCCCCCCCCCCCCCCCCCCC. The Labute approximate surface area is 475 Å². The Morgan fingerprint density at radius 2 is 0.697 bits per heavy atom. The summed E-state index contributed by atoms with van der Waals surface area (Å²) in [5.74, 6) is -0.167. The number of allylic oxidation sites excluding steroid dienone is 1. The van der Waals surface area contributed by atoms with Crippen molar-refractivity contribution >= 4 is 13.7 Å². The first-order chi connectivity index (χ1) is 37.0. The zero-order chi connectivity index (χ0) is 55.6. The van der Waals surface area contributed by atoms with Crippen LogP contribution in [0, 0.1) is 0 Å². The highest BCUT2D eigenvalue weighted by Gasteiger charge is 2.28. The number of aliphatic hydroxyl groups is 1. The van der Waals surface area contributed by atoms with Crippen molar-refractivity contribution < 1.29 is 32.9 Å². The maximum Gasteiger partial charge on any atom is 0.472 e. The van der Waals surface area contributed by atoms with Crippen LogP contribution < -0.4 is 5.32 Å². The number of nitrogens with one attached hydrogen (secondary N) is 1. The number of carbonyl (C=O) groups excluding carboxylic acids is 1. The zero-order valence-corrected chi connectivity index (χ0v) is 52.9. The van der Waals surface area contributed by atoms with E-state index in [0.29, 0.717) is 17.4 Å². The van der Waals surface area contributed by atoms with E-state index >= 15 is 0 Å². The third kappa shape index (κ3) is 60.9. The number of carbonyl (C=O) groups is 1. The second kappa shape index (κ2) is 58.9. The van der Waals surface area contributed by atoms with Crippen LogP contribution in [0.15, 0.2) is 12.2 Å². The van der Waals surface area contributed by atoms with Gasteiger partial charge in [-0.1, -0.05) is 347 Å². The van der Waals surface area contributed by atoms with E-state index in [0.717, 1.165) is 32.1 Å². The van der Waals surface area contributed by atoms with Gasteiger partial charge in [0.15, 0.2) is 0 Å². The van der Waals surface area contributed by atoms with Gasteiger partial charge in [0, 0.05) is 6.42 Å². The van der Waals surface area contributed by atoms with Gasteiger partial charge in [0.25, 0.3) is 0 Å². The number of phosphoric ester groups is 1. The van der Waals surface area contributed by atoms with Crippen molar-refractivity contribution in [3.63, 3.8) is 0 Å². The number of hydrogen-bond acceptors (Lipinski definition) is 5. The van der Waals surface area contributed by atoms with Gasteiger partial charge in [-0.2, -0.15) is 0 Å². The summed E-state index contributed by atoms with van der Waals surface area (Å²) in [6, 6.07) is -0.843. The molecule has 0 aromatic rings. The molecule has 0 bridgehead atoms. The van der Waals surface area contributed by atoms with Crippen LogP contribution in [0.2, 0.25) is 0 Å². The molecule has 3 unspecified atom stereocenters. The first-order valence-electron chi connectivity index (χ1n) is 34.1. The number of phosphoric acid groups is 1. The van der Waals surface area contributed by atoms with E-state index in [2.05, 4.69) is 19.2 Å². The molecule has 0 heterocycles. The molecule has 1 amide bonds. The fourth-order valence-electron chi connectivity index (χ4n) is 10.7. The summed E-state index contributed by atoms with van der Waals surface area (Å²) in [6.45, 7) is 4.89. The van der Waals surface area contributed by atoms with Gasteiger partial charge < -0.3 is 19.8 Å². The molecule has 0 aliphatic rings. The van der Waals surface area contributed by atoms with Gasteiger partial charge >= 0.3 is 7.82 Å². The number of quaternary nitrogens is 1. The van der Waals surface area contributed by atoms with Crippen LogP contribution in [0.5, 0.6) is 0 Å².